The molecule has 5 aromatic carbocycles. The van der Waals surface area contributed by atoms with E-state index in [1.54, 1.807) is 27.9 Å². The maximum atomic E-state index is 15.4. The van der Waals surface area contributed by atoms with E-state index >= 15 is 4.79 Å². The highest BCUT2D eigenvalue weighted by molar-refractivity contribution is 6.91. The SMILES string of the molecule is COc1ccc([Si](C)(C)[C@@H]2[C@@H](CC(=O)N(CCO)Cc3ccccc3)O[C@]3(C(=O)N(Cc4ccc(N5C(=O)COc6ccccc65)cc4)c4ccc(Cl)cc43)[C@H]2C)cc1. The number of benzene rings is 5. The molecule has 8 rings (SSSR count). The average Bonchev–Trinajstić information content (AvgIpc) is 3.66. The highest BCUT2D eigenvalue weighted by atomic mass is 35.5. The van der Waals surface area contributed by atoms with Gasteiger partial charge < -0.3 is 29.1 Å². The zero-order valence-corrected chi connectivity index (χ0v) is 35.4. The van der Waals surface area contributed by atoms with Crippen LogP contribution >= 0.6 is 11.6 Å². The lowest BCUT2D eigenvalue weighted by atomic mass is 9.82. The van der Waals surface area contributed by atoms with E-state index in [4.69, 9.17) is 25.8 Å². The van der Waals surface area contributed by atoms with Crippen molar-refractivity contribution in [1.29, 1.82) is 0 Å². The lowest BCUT2D eigenvalue weighted by Crippen LogP contribution is -2.52. The predicted molar refractivity (Wildman–Crippen MR) is 231 cm³/mol. The van der Waals surface area contributed by atoms with E-state index in [1.807, 2.05) is 103 Å². The molecule has 3 aliphatic rings. The number of hydrogen-bond donors (Lipinski definition) is 1. The molecule has 1 fully saturated rings. The molecule has 0 aliphatic carbocycles. The third-order valence-corrected chi connectivity index (χ3v) is 16.9. The van der Waals surface area contributed by atoms with Gasteiger partial charge in [-0.15, -0.1) is 0 Å². The van der Waals surface area contributed by atoms with E-state index in [0.717, 1.165) is 22.1 Å². The Hall–Kier alpha value is -5.46. The zero-order chi connectivity index (χ0) is 41.5. The minimum atomic E-state index is -2.56. The van der Waals surface area contributed by atoms with E-state index in [9.17, 15) is 14.7 Å². The summed E-state index contributed by atoms with van der Waals surface area (Å²) in [7, 11) is -0.915. The van der Waals surface area contributed by atoms with Crippen LogP contribution in [0.25, 0.3) is 0 Å². The number of amides is 3. The lowest BCUT2D eigenvalue weighted by Gasteiger charge is -2.37. The Labute approximate surface area is 350 Å². The molecule has 5 aromatic rings. The Morgan fingerprint density at radius 3 is 2.34 bits per heavy atom. The molecule has 3 amide bonds. The first-order valence-electron chi connectivity index (χ1n) is 20.0. The number of carbonyl (C=O) groups excluding carboxylic acids is 3. The van der Waals surface area contributed by atoms with Gasteiger partial charge in [0.15, 0.2) is 12.2 Å². The first-order chi connectivity index (χ1) is 28.5. The van der Waals surface area contributed by atoms with Crippen molar-refractivity contribution in [2.75, 3.05) is 36.7 Å². The molecule has 1 N–H and O–H groups in total. The summed E-state index contributed by atoms with van der Waals surface area (Å²) in [6.07, 6.45) is -0.591. The molecule has 10 nitrogen and oxygen atoms in total. The van der Waals surface area contributed by atoms with Crippen LogP contribution in [0.5, 0.6) is 11.5 Å². The number of aliphatic hydroxyl groups is 1. The molecule has 0 radical (unpaired) electrons. The topological polar surface area (TPSA) is 109 Å². The normalized spacial score (nSPS) is 21.0. The molecule has 0 aromatic heterocycles. The van der Waals surface area contributed by atoms with Crippen molar-refractivity contribution in [1.82, 2.24) is 4.90 Å². The van der Waals surface area contributed by atoms with Crippen LogP contribution in [0.2, 0.25) is 23.7 Å². The van der Waals surface area contributed by atoms with Gasteiger partial charge in [0.25, 0.3) is 11.8 Å². The number of halogens is 1. The fraction of sp³-hybridized carbons (Fsp3) is 0.298. The number of aliphatic hydroxyl groups excluding tert-OH is 1. The second kappa shape index (κ2) is 16.3. The minimum absolute atomic E-state index is 0.0319. The molecule has 59 heavy (non-hydrogen) atoms. The molecular weight excluding hydrogens is 782 g/mol. The molecule has 3 aliphatic heterocycles. The van der Waals surface area contributed by atoms with E-state index < -0.39 is 19.8 Å². The van der Waals surface area contributed by atoms with Crippen LogP contribution in [0.15, 0.2) is 121 Å². The summed E-state index contributed by atoms with van der Waals surface area (Å²) < 4.78 is 18.4. The van der Waals surface area contributed by atoms with Gasteiger partial charge in [-0.2, -0.15) is 0 Å². The van der Waals surface area contributed by atoms with Crippen LogP contribution in [0.4, 0.5) is 17.1 Å². The summed E-state index contributed by atoms with van der Waals surface area (Å²) in [5, 5.41) is 11.7. The Morgan fingerprint density at radius 1 is 0.915 bits per heavy atom. The zero-order valence-electron chi connectivity index (χ0n) is 33.6. The number of nitrogens with zero attached hydrogens (tertiary/aromatic N) is 3. The fourth-order valence-corrected chi connectivity index (χ4v) is 13.7. The number of rotatable bonds is 12. The van der Waals surface area contributed by atoms with Crippen LogP contribution in [-0.4, -0.2) is 68.8 Å². The Kier molecular flexibility index (Phi) is 11.1. The van der Waals surface area contributed by atoms with Gasteiger partial charge in [0.05, 0.1) is 52.2 Å². The first-order valence-corrected chi connectivity index (χ1v) is 23.4. The number of ether oxygens (including phenoxy) is 3. The standard InChI is InChI=1S/C47H48ClN3O7Si/c1-31-45(59(3,4)37-21-19-36(56-2)20-22-37)42(27-43(53)49(24-25-52)28-32-10-6-5-7-11-32)58-47(31)38-26-34(48)16-23-39(38)50(46(47)55)29-33-14-17-35(18-15-33)51-40-12-8-9-13-41(40)57-30-44(51)54/h5-23,26,31,42,45,52H,24-25,27-30H2,1-4H3/t31-,42+,45-,47+/m0/s1. The summed E-state index contributed by atoms with van der Waals surface area (Å²) in [6.45, 7) is 7.15. The summed E-state index contributed by atoms with van der Waals surface area (Å²) in [5.74, 6) is 0.497. The average molecular weight is 830 g/mol. The fourth-order valence-electron chi connectivity index (χ4n) is 9.48. The maximum absolute atomic E-state index is 15.4. The van der Waals surface area contributed by atoms with Gasteiger partial charge in [0, 0.05) is 35.3 Å². The monoisotopic (exact) mass is 829 g/mol. The number of para-hydroxylation sites is 2. The predicted octanol–water partition coefficient (Wildman–Crippen LogP) is 7.58. The highest BCUT2D eigenvalue weighted by Gasteiger charge is 2.66. The molecular formula is C47H48ClN3O7Si. The molecule has 3 heterocycles. The Balaban J connectivity index is 1.15. The minimum Gasteiger partial charge on any atom is -0.497 e. The van der Waals surface area contributed by atoms with Gasteiger partial charge in [-0.1, -0.05) is 104 Å². The third kappa shape index (κ3) is 7.30. The molecule has 304 valence electrons. The number of hydrogen-bond acceptors (Lipinski definition) is 7. The van der Waals surface area contributed by atoms with Crippen molar-refractivity contribution < 1.29 is 33.7 Å². The molecule has 1 saturated heterocycles. The summed E-state index contributed by atoms with van der Waals surface area (Å²) in [6, 6.07) is 38.4. The van der Waals surface area contributed by atoms with Crippen molar-refractivity contribution in [3.8, 4) is 11.5 Å². The van der Waals surface area contributed by atoms with Gasteiger partial charge in [-0.25, -0.2) is 0 Å². The smallest absolute Gasteiger partial charge is 0.269 e. The number of methoxy groups -OCH3 is 1. The summed E-state index contributed by atoms with van der Waals surface area (Å²) >= 11 is 6.74. The van der Waals surface area contributed by atoms with Crippen LogP contribution in [0, 0.1) is 5.92 Å². The van der Waals surface area contributed by atoms with Crippen molar-refractivity contribution in [3.05, 3.63) is 143 Å². The van der Waals surface area contributed by atoms with Gasteiger partial charge >= 0.3 is 0 Å². The summed E-state index contributed by atoms with van der Waals surface area (Å²) in [4.78, 5) is 47.9. The van der Waals surface area contributed by atoms with Gasteiger partial charge in [-0.05, 0) is 71.3 Å². The first kappa shape index (κ1) is 40.3. The van der Waals surface area contributed by atoms with E-state index in [2.05, 4.69) is 32.2 Å². The van der Waals surface area contributed by atoms with E-state index in [1.165, 1.54) is 0 Å². The Bertz CT molecular complexity index is 2360. The van der Waals surface area contributed by atoms with Gasteiger partial charge in [0.1, 0.15) is 11.5 Å². The van der Waals surface area contributed by atoms with Crippen LogP contribution in [0.3, 0.4) is 0 Å². The molecule has 0 unspecified atom stereocenters. The molecule has 1 spiro atoms. The van der Waals surface area contributed by atoms with Crippen LogP contribution < -0.4 is 24.5 Å². The third-order valence-electron chi connectivity index (χ3n) is 12.4. The van der Waals surface area contributed by atoms with Crippen molar-refractivity contribution in [3.63, 3.8) is 0 Å². The molecule has 4 atom stereocenters. The quantitative estimate of drug-likeness (QED) is 0.129. The maximum Gasteiger partial charge on any atom is 0.269 e. The van der Waals surface area contributed by atoms with E-state index in [0.29, 0.717) is 39.9 Å². The molecule has 12 heteroatoms. The second-order valence-corrected chi connectivity index (χ2v) is 21.2. The number of anilines is 3. The van der Waals surface area contributed by atoms with Gasteiger partial charge in [0.2, 0.25) is 5.91 Å². The van der Waals surface area contributed by atoms with Crippen LogP contribution in [0.1, 0.15) is 30.0 Å². The van der Waals surface area contributed by atoms with Crippen LogP contribution in [-0.2, 0) is 37.8 Å². The lowest BCUT2D eigenvalue weighted by molar-refractivity contribution is -0.150. The molecule has 0 saturated carbocycles. The van der Waals surface area contributed by atoms with Crippen molar-refractivity contribution >= 4 is 59.6 Å². The van der Waals surface area contributed by atoms with Gasteiger partial charge in [-0.3, -0.25) is 19.3 Å². The number of fused-ring (bicyclic) bond motifs is 3. The Morgan fingerprint density at radius 2 is 1.63 bits per heavy atom. The summed E-state index contributed by atoms with van der Waals surface area (Å²) in [5.41, 5.74) is 2.97. The number of carbonyl (C=O) groups is 3. The van der Waals surface area contributed by atoms with Crippen molar-refractivity contribution in [2.24, 2.45) is 5.92 Å². The largest absolute Gasteiger partial charge is 0.497 e. The van der Waals surface area contributed by atoms with E-state index in [-0.39, 0.29) is 61.9 Å². The highest BCUT2D eigenvalue weighted by Crippen LogP contribution is 2.60. The molecule has 0 bridgehead atoms. The second-order valence-electron chi connectivity index (χ2n) is 16.1. The van der Waals surface area contributed by atoms with Crippen molar-refractivity contribution in [2.45, 2.75) is 56.8 Å².